The highest BCUT2D eigenvalue weighted by Crippen LogP contribution is 2.37. The molecule has 2 aliphatic rings. The summed E-state index contributed by atoms with van der Waals surface area (Å²) in [5.41, 5.74) is 5.88. The molecule has 0 spiro atoms. The van der Waals surface area contributed by atoms with Crippen molar-refractivity contribution in [2.24, 2.45) is 10.9 Å². The highest BCUT2D eigenvalue weighted by atomic mass is 19.1. The predicted octanol–water partition coefficient (Wildman–Crippen LogP) is 1.11. The SMILES string of the molecule is CO/N=C1\CC(N)CN(c2nc3c(cc2F)c(=O)c(C(=O)O)cn3C2CC2)C1. The van der Waals surface area contributed by atoms with E-state index in [0.717, 1.165) is 18.9 Å². The van der Waals surface area contributed by atoms with Crippen LogP contribution in [0, 0.1) is 5.82 Å². The second-order valence-corrected chi connectivity index (χ2v) is 7.17. The van der Waals surface area contributed by atoms with Crippen LogP contribution in [-0.2, 0) is 4.84 Å². The first kappa shape index (κ1) is 18.4. The Kier molecular flexibility index (Phi) is 4.50. The molecule has 2 aromatic rings. The molecule has 1 aliphatic carbocycles. The van der Waals surface area contributed by atoms with E-state index in [2.05, 4.69) is 10.1 Å². The summed E-state index contributed by atoms with van der Waals surface area (Å²) < 4.78 is 16.6. The Bertz CT molecular complexity index is 1050. The van der Waals surface area contributed by atoms with Crippen LogP contribution in [0.15, 0.2) is 22.2 Å². The third-order valence-corrected chi connectivity index (χ3v) is 4.96. The van der Waals surface area contributed by atoms with E-state index in [1.165, 1.54) is 13.3 Å². The lowest BCUT2D eigenvalue weighted by Gasteiger charge is -2.32. The summed E-state index contributed by atoms with van der Waals surface area (Å²) in [7, 11) is 1.43. The molecule has 1 saturated heterocycles. The average molecular weight is 389 g/mol. The van der Waals surface area contributed by atoms with Gasteiger partial charge in [0.15, 0.2) is 11.6 Å². The Morgan fingerprint density at radius 1 is 1.46 bits per heavy atom. The van der Waals surface area contributed by atoms with Gasteiger partial charge in [0.25, 0.3) is 0 Å². The number of piperidine rings is 1. The van der Waals surface area contributed by atoms with Crippen molar-refractivity contribution in [1.29, 1.82) is 0 Å². The molecule has 0 bridgehead atoms. The normalized spacial score (nSPS) is 21.3. The quantitative estimate of drug-likeness (QED) is 0.751. The van der Waals surface area contributed by atoms with Gasteiger partial charge < -0.3 is 25.1 Å². The molecule has 0 amide bonds. The highest BCUT2D eigenvalue weighted by molar-refractivity contribution is 5.93. The van der Waals surface area contributed by atoms with Gasteiger partial charge in [-0.05, 0) is 18.9 Å². The molecule has 1 saturated carbocycles. The number of hydrogen-bond acceptors (Lipinski definition) is 7. The summed E-state index contributed by atoms with van der Waals surface area (Å²) in [6, 6.07) is 0.860. The molecule has 1 unspecified atom stereocenters. The predicted molar refractivity (Wildman–Crippen MR) is 100 cm³/mol. The summed E-state index contributed by atoms with van der Waals surface area (Å²) in [5, 5.41) is 13.2. The molecule has 2 aromatic heterocycles. The van der Waals surface area contributed by atoms with Crippen molar-refractivity contribution in [2.75, 3.05) is 25.1 Å². The Balaban J connectivity index is 1.87. The van der Waals surface area contributed by atoms with Crippen LogP contribution < -0.4 is 16.1 Å². The summed E-state index contributed by atoms with van der Waals surface area (Å²) in [5.74, 6) is -1.99. The molecule has 1 atom stereocenters. The van der Waals surface area contributed by atoms with E-state index in [1.54, 1.807) is 9.47 Å². The third-order valence-electron chi connectivity index (χ3n) is 4.96. The number of oxime groups is 1. The van der Waals surface area contributed by atoms with Crippen LogP contribution in [0.3, 0.4) is 0 Å². The number of rotatable bonds is 4. The summed E-state index contributed by atoms with van der Waals surface area (Å²) in [6.45, 7) is 0.677. The molecule has 3 heterocycles. The number of aromatic nitrogens is 2. The number of aromatic carboxylic acids is 1. The van der Waals surface area contributed by atoms with Crippen molar-refractivity contribution in [2.45, 2.75) is 31.3 Å². The largest absolute Gasteiger partial charge is 0.477 e. The van der Waals surface area contributed by atoms with E-state index in [9.17, 15) is 19.1 Å². The van der Waals surface area contributed by atoms with Crippen LogP contribution in [0.5, 0.6) is 0 Å². The average Bonchev–Trinajstić information content (AvgIpc) is 3.46. The van der Waals surface area contributed by atoms with Gasteiger partial charge in [0, 0.05) is 31.2 Å². The van der Waals surface area contributed by atoms with Crippen molar-refractivity contribution in [3.63, 3.8) is 0 Å². The number of carbonyl (C=O) groups is 1. The summed E-state index contributed by atoms with van der Waals surface area (Å²) in [4.78, 5) is 34.8. The maximum atomic E-state index is 14.9. The van der Waals surface area contributed by atoms with Gasteiger partial charge in [0.2, 0.25) is 5.43 Å². The lowest BCUT2D eigenvalue weighted by atomic mass is 10.0. The number of halogens is 1. The number of hydrogen-bond donors (Lipinski definition) is 2. The van der Waals surface area contributed by atoms with Crippen molar-refractivity contribution >= 4 is 28.5 Å². The molecule has 0 radical (unpaired) electrons. The molecule has 1 aliphatic heterocycles. The topological polar surface area (TPSA) is 123 Å². The Hall–Kier alpha value is -3.01. The van der Waals surface area contributed by atoms with Crippen molar-refractivity contribution < 1.29 is 19.1 Å². The van der Waals surface area contributed by atoms with Crippen LogP contribution in [0.2, 0.25) is 0 Å². The van der Waals surface area contributed by atoms with E-state index < -0.39 is 17.2 Å². The van der Waals surface area contributed by atoms with Gasteiger partial charge in [0.1, 0.15) is 18.3 Å². The fraction of sp³-hybridized carbons (Fsp3) is 0.444. The molecule has 4 rings (SSSR count). The summed E-state index contributed by atoms with van der Waals surface area (Å²) >= 11 is 0. The maximum Gasteiger partial charge on any atom is 0.341 e. The fourth-order valence-corrected chi connectivity index (χ4v) is 3.60. The Labute approximate surface area is 159 Å². The number of nitrogens with two attached hydrogens (primary N) is 1. The number of pyridine rings is 2. The second-order valence-electron chi connectivity index (χ2n) is 7.17. The van der Waals surface area contributed by atoms with Gasteiger partial charge in [-0.15, -0.1) is 0 Å². The molecule has 148 valence electrons. The maximum absolute atomic E-state index is 14.9. The standard InChI is InChI=1S/C18H20FN5O4/c1-28-22-10-4-9(20)6-23(7-10)17-14(19)5-12-15(25)13(18(26)27)8-24(11-2-3-11)16(12)21-17/h5,8-9,11H,2-4,6-7,20H2,1H3,(H,26,27)/b22-10+. The van der Waals surface area contributed by atoms with E-state index in [-0.39, 0.29) is 34.5 Å². The molecule has 10 heteroatoms. The van der Waals surface area contributed by atoms with Gasteiger partial charge in [0.05, 0.1) is 17.6 Å². The van der Waals surface area contributed by atoms with Gasteiger partial charge in [-0.2, -0.15) is 0 Å². The van der Waals surface area contributed by atoms with E-state index in [0.29, 0.717) is 25.2 Å². The minimum absolute atomic E-state index is 0.0415. The van der Waals surface area contributed by atoms with Gasteiger partial charge in [-0.3, -0.25) is 4.79 Å². The first-order valence-corrected chi connectivity index (χ1v) is 8.97. The van der Waals surface area contributed by atoms with E-state index in [1.807, 2.05) is 0 Å². The van der Waals surface area contributed by atoms with Gasteiger partial charge >= 0.3 is 5.97 Å². The van der Waals surface area contributed by atoms with Crippen molar-refractivity contribution in [1.82, 2.24) is 9.55 Å². The second kappa shape index (κ2) is 6.86. The first-order chi connectivity index (χ1) is 13.4. The number of carboxylic acids is 1. The van der Waals surface area contributed by atoms with E-state index >= 15 is 0 Å². The minimum atomic E-state index is -1.34. The lowest BCUT2D eigenvalue weighted by molar-refractivity contribution is 0.0695. The number of fused-ring (bicyclic) bond motifs is 1. The molecular formula is C18H20FN5O4. The van der Waals surface area contributed by atoms with Crippen LogP contribution in [-0.4, -0.2) is 52.6 Å². The van der Waals surface area contributed by atoms with Crippen LogP contribution in [0.4, 0.5) is 10.2 Å². The minimum Gasteiger partial charge on any atom is -0.477 e. The molecule has 9 nitrogen and oxygen atoms in total. The highest BCUT2D eigenvalue weighted by Gasteiger charge is 2.30. The van der Waals surface area contributed by atoms with Crippen LogP contribution in [0.1, 0.15) is 35.7 Å². The zero-order valence-electron chi connectivity index (χ0n) is 15.3. The molecular weight excluding hydrogens is 369 g/mol. The Morgan fingerprint density at radius 3 is 2.86 bits per heavy atom. The summed E-state index contributed by atoms with van der Waals surface area (Å²) in [6.07, 6.45) is 3.54. The Morgan fingerprint density at radius 2 is 2.21 bits per heavy atom. The molecule has 2 fully saturated rings. The number of anilines is 1. The fourth-order valence-electron chi connectivity index (χ4n) is 3.60. The van der Waals surface area contributed by atoms with Gasteiger partial charge in [-0.1, -0.05) is 5.16 Å². The smallest absolute Gasteiger partial charge is 0.341 e. The van der Waals surface area contributed by atoms with Gasteiger partial charge in [-0.25, -0.2) is 14.2 Å². The van der Waals surface area contributed by atoms with Crippen LogP contribution in [0.25, 0.3) is 11.0 Å². The molecule has 28 heavy (non-hydrogen) atoms. The lowest BCUT2D eigenvalue weighted by Crippen LogP contribution is -2.48. The number of nitrogens with zero attached hydrogens (tertiary/aromatic N) is 4. The third kappa shape index (κ3) is 3.19. The van der Waals surface area contributed by atoms with E-state index in [4.69, 9.17) is 10.6 Å². The molecule has 0 aromatic carbocycles. The zero-order chi connectivity index (χ0) is 20.0. The van der Waals surface area contributed by atoms with Crippen molar-refractivity contribution in [3.8, 4) is 0 Å². The molecule has 3 N–H and O–H groups in total. The first-order valence-electron chi connectivity index (χ1n) is 8.97. The zero-order valence-corrected chi connectivity index (χ0v) is 15.3. The number of carboxylic acid groups (broad SMARTS) is 1. The monoisotopic (exact) mass is 389 g/mol. The van der Waals surface area contributed by atoms with Crippen molar-refractivity contribution in [3.05, 3.63) is 33.9 Å². The van der Waals surface area contributed by atoms with Crippen LogP contribution >= 0.6 is 0 Å².